The van der Waals surface area contributed by atoms with Crippen LogP contribution in [0.4, 0.5) is 4.39 Å². The number of amides is 1. The summed E-state index contributed by atoms with van der Waals surface area (Å²) >= 11 is 0. The molecule has 0 aliphatic heterocycles. The van der Waals surface area contributed by atoms with Crippen LogP contribution in [0, 0.1) is 5.82 Å². The van der Waals surface area contributed by atoms with Gasteiger partial charge in [-0.25, -0.2) is 12.8 Å². The van der Waals surface area contributed by atoms with Gasteiger partial charge in [-0.2, -0.15) is 0 Å². The lowest BCUT2D eigenvalue weighted by Crippen LogP contribution is -2.37. The fraction of sp³-hybridized carbons (Fsp3) is 0.278. The number of ether oxygens (including phenoxy) is 1. The average molecular weight is 365 g/mol. The van der Waals surface area contributed by atoms with Crippen molar-refractivity contribution in [2.24, 2.45) is 0 Å². The summed E-state index contributed by atoms with van der Waals surface area (Å²) in [5.74, 6) is -0.311. The lowest BCUT2D eigenvalue weighted by Gasteiger charge is -2.19. The number of carbonyl (C=O) groups is 1. The van der Waals surface area contributed by atoms with E-state index in [-0.39, 0.29) is 22.7 Å². The smallest absolute Gasteiger partial charge is 0.261 e. The highest BCUT2D eigenvalue weighted by Gasteiger charge is 2.18. The predicted octanol–water partition coefficient (Wildman–Crippen LogP) is 2.87. The molecule has 2 atom stereocenters. The molecule has 2 rings (SSSR count). The Labute approximate surface area is 146 Å². The highest BCUT2D eigenvalue weighted by atomic mass is 32.2. The summed E-state index contributed by atoms with van der Waals surface area (Å²) in [7, 11) is -3.25. The molecule has 0 unspecified atom stereocenters. The molecule has 0 heterocycles. The molecule has 25 heavy (non-hydrogen) atoms. The van der Waals surface area contributed by atoms with E-state index in [1.165, 1.54) is 36.4 Å². The molecule has 0 fully saturated rings. The first-order chi connectivity index (χ1) is 11.7. The Kier molecular flexibility index (Phi) is 5.79. The molecule has 2 aromatic carbocycles. The molecule has 7 heteroatoms. The maximum Gasteiger partial charge on any atom is 0.261 e. The summed E-state index contributed by atoms with van der Waals surface area (Å²) in [4.78, 5) is 12.4. The topological polar surface area (TPSA) is 72.5 Å². The van der Waals surface area contributed by atoms with E-state index < -0.39 is 15.9 Å². The second kappa shape index (κ2) is 7.65. The predicted molar refractivity (Wildman–Crippen MR) is 92.6 cm³/mol. The van der Waals surface area contributed by atoms with Crippen LogP contribution in [-0.4, -0.2) is 26.7 Å². The minimum Gasteiger partial charge on any atom is -0.481 e. The maximum atomic E-state index is 12.9. The van der Waals surface area contributed by atoms with Crippen LogP contribution in [0.1, 0.15) is 25.5 Å². The SMILES string of the molecule is C[C@H](NC(=O)[C@@H](C)Oc1ccc(F)cc1)c1ccc(S(C)(=O)=O)cc1. The first kappa shape index (κ1) is 18.9. The Hall–Kier alpha value is -2.41. The number of sulfone groups is 1. The Morgan fingerprint density at radius 3 is 2.12 bits per heavy atom. The van der Waals surface area contributed by atoms with Gasteiger partial charge < -0.3 is 10.1 Å². The Bertz CT molecular complexity index is 832. The van der Waals surface area contributed by atoms with E-state index in [9.17, 15) is 17.6 Å². The van der Waals surface area contributed by atoms with Crippen LogP contribution in [0.5, 0.6) is 5.75 Å². The minimum atomic E-state index is -3.25. The van der Waals surface area contributed by atoms with E-state index in [1.807, 2.05) is 0 Å². The molecule has 134 valence electrons. The normalized spacial score (nSPS) is 13.8. The molecular weight excluding hydrogens is 345 g/mol. The highest BCUT2D eigenvalue weighted by Crippen LogP contribution is 2.17. The zero-order valence-corrected chi connectivity index (χ0v) is 15.0. The summed E-state index contributed by atoms with van der Waals surface area (Å²) in [6.45, 7) is 3.39. The largest absolute Gasteiger partial charge is 0.481 e. The molecule has 5 nitrogen and oxygen atoms in total. The molecule has 0 spiro atoms. The molecule has 0 radical (unpaired) electrons. The van der Waals surface area contributed by atoms with E-state index in [0.29, 0.717) is 5.75 Å². The van der Waals surface area contributed by atoms with Gasteiger partial charge in [-0.15, -0.1) is 0 Å². The van der Waals surface area contributed by atoms with Crippen LogP contribution in [0.25, 0.3) is 0 Å². The standard InChI is InChI=1S/C18H20FNO4S/c1-12(14-4-10-17(11-5-14)25(3,22)23)20-18(21)13(2)24-16-8-6-15(19)7-9-16/h4-13H,1-3H3,(H,20,21)/t12-,13+/m0/s1. The lowest BCUT2D eigenvalue weighted by molar-refractivity contribution is -0.127. The fourth-order valence-corrected chi connectivity index (χ4v) is 2.82. The van der Waals surface area contributed by atoms with Gasteiger partial charge >= 0.3 is 0 Å². The minimum absolute atomic E-state index is 0.225. The summed E-state index contributed by atoms with van der Waals surface area (Å²) in [6, 6.07) is 11.4. The van der Waals surface area contributed by atoms with Gasteiger partial charge in [0.25, 0.3) is 5.91 Å². The molecule has 1 amide bonds. The summed E-state index contributed by atoms with van der Waals surface area (Å²) in [5.41, 5.74) is 0.773. The number of carbonyl (C=O) groups excluding carboxylic acids is 1. The number of benzene rings is 2. The van der Waals surface area contributed by atoms with Gasteiger partial charge in [-0.1, -0.05) is 12.1 Å². The van der Waals surface area contributed by atoms with Gasteiger partial charge in [0.2, 0.25) is 0 Å². The van der Waals surface area contributed by atoms with Gasteiger partial charge in [-0.05, 0) is 55.8 Å². The van der Waals surface area contributed by atoms with Crippen LogP contribution in [0.15, 0.2) is 53.4 Å². The summed E-state index contributed by atoms with van der Waals surface area (Å²) in [6.07, 6.45) is 0.380. The van der Waals surface area contributed by atoms with Gasteiger partial charge in [0.1, 0.15) is 11.6 Å². The average Bonchev–Trinajstić information content (AvgIpc) is 2.56. The van der Waals surface area contributed by atoms with Crippen molar-refractivity contribution >= 4 is 15.7 Å². The van der Waals surface area contributed by atoms with Crippen molar-refractivity contribution in [2.45, 2.75) is 30.9 Å². The molecule has 1 N–H and O–H groups in total. The molecule has 2 aromatic rings. The first-order valence-electron chi connectivity index (χ1n) is 7.69. The van der Waals surface area contributed by atoms with E-state index >= 15 is 0 Å². The van der Waals surface area contributed by atoms with Gasteiger partial charge in [0.05, 0.1) is 10.9 Å². The highest BCUT2D eigenvalue weighted by molar-refractivity contribution is 7.90. The lowest BCUT2D eigenvalue weighted by atomic mass is 10.1. The number of hydrogen-bond donors (Lipinski definition) is 1. The van der Waals surface area contributed by atoms with Crippen molar-refractivity contribution in [3.05, 3.63) is 59.9 Å². The Morgan fingerprint density at radius 2 is 1.60 bits per heavy atom. The van der Waals surface area contributed by atoms with Crippen LogP contribution in [-0.2, 0) is 14.6 Å². The summed E-state index contributed by atoms with van der Waals surface area (Å²) in [5, 5.41) is 2.80. The van der Waals surface area contributed by atoms with Crippen molar-refractivity contribution in [1.82, 2.24) is 5.32 Å². The Balaban J connectivity index is 1.97. The maximum absolute atomic E-state index is 12.9. The second-order valence-electron chi connectivity index (χ2n) is 5.79. The third kappa shape index (κ3) is 5.29. The third-order valence-corrected chi connectivity index (χ3v) is 4.79. The van der Waals surface area contributed by atoms with Crippen molar-refractivity contribution in [2.75, 3.05) is 6.26 Å². The third-order valence-electron chi connectivity index (χ3n) is 3.66. The van der Waals surface area contributed by atoms with Gasteiger partial charge in [0, 0.05) is 6.26 Å². The molecule has 0 bridgehead atoms. The zero-order valence-electron chi connectivity index (χ0n) is 14.2. The van der Waals surface area contributed by atoms with E-state index in [4.69, 9.17) is 4.74 Å². The molecule has 0 aliphatic rings. The molecule has 0 aromatic heterocycles. The van der Waals surface area contributed by atoms with Gasteiger partial charge in [-0.3, -0.25) is 4.79 Å². The summed E-state index contributed by atoms with van der Waals surface area (Å²) < 4.78 is 41.3. The molecule has 0 saturated carbocycles. The molecule has 0 saturated heterocycles. The van der Waals surface area contributed by atoms with Crippen molar-refractivity contribution < 1.29 is 22.3 Å². The van der Waals surface area contributed by atoms with Crippen LogP contribution >= 0.6 is 0 Å². The van der Waals surface area contributed by atoms with Crippen LogP contribution in [0.3, 0.4) is 0 Å². The monoisotopic (exact) mass is 365 g/mol. The number of rotatable bonds is 6. The van der Waals surface area contributed by atoms with E-state index in [2.05, 4.69) is 5.32 Å². The van der Waals surface area contributed by atoms with E-state index in [1.54, 1.807) is 26.0 Å². The molecule has 0 aliphatic carbocycles. The van der Waals surface area contributed by atoms with Crippen molar-refractivity contribution in [3.8, 4) is 5.75 Å². The van der Waals surface area contributed by atoms with Crippen LogP contribution in [0.2, 0.25) is 0 Å². The van der Waals surface area contributed by atoms with E-state index in [0.717, 1.165) is 11.8 Å². The number of hydrogen-bond acceptors (Lipinski definition) is 4. The van der Waals surface area contributed by atoms with Gasteiger partial charge in [0.15, 0.2) is 15.9 Å². The zero-order chi connectivity index (χ0) is 18.6. The molecular formula is C18H20FNO4S. The fourth-order valence-electron chi connectivity index (χ4n) is 2.19. The number of halogens is 1. The van der Waals surface area contributed by atoms with Crippen molar-refractivity contribution in [1.29, 1.82) is 0 Å². The Morgan fingerprint density at radius 1 is 1.04 bits per heavy atom. The quantitative estimate of drug-likeness (QED) is 0.854. The van der Waals surface area contributed by atoms with Crippen LogP contribution < -0.4 is 10.1 Å². The first-order valence-corrected chi connectivity index (χ1v) is 9.58. The number of nitrogens with one attached hydrogen (secondary N) is 1. The van der Waals surface area contributed by atoms with Crippen molar-refractivity contribution in [3.63, 3.8) is 0 Å². The second-order valence-corrected chi connectivity index (χ2v) is 7.80.